The molecule has 2 aliphatic carbocycles. The summed E-state index contributed by atoms with van der Waals surface area (Å²) in [5.74, 6) is 0.495. The minimum absolute atomic E-state index is 0.175. The molecule has 2 saturated carbocycles. The summed E-state index contributed by atoms with van der Waals surface area (Å²) >= 11 is 0. The van der Waals surface area contributed by atoms with E-state index in [4.69, 9.17) is 5.73 Å². The normalized spacial score (nSPS) is 32.9. The Morgan fingerprint density at radius 2 is 2.06 bits per heavy atom. The number of hydrogen-bond acceptors (Lipinski definition) is 2. The van der Waals surface area contributed by atoms with Gasteiger partial charge in [-0.05, 0) is 44.4 Å². The standard InChI is InChI=1S/C14H26N2O/c1-10(14(2)7-8-14)16(3)13(17)11-5-4-6-12(15)9-11/h10-12H,4-9,15H2,1-3H3. The van der Waals surface area contributed by atoms with Crippen molar-refractivity contribution in [1.29, 1.82) is 0 Å². The highest BCUT2D eigenvalue weighted by atomic mass is 16.2. The molecule has 2 rings (SSSR count). The Morgan fingerprint density at radius 3 is 2.59 bits per heavy atom. The maximum absolute atomic E-state index is 12.4. The van der Waals surface area contributed by atoms with Crippen LogP contribution < -0.4 is 5.73 Å². The molecule has 2 fully saturated rings. The second-order valence-corrected chi connectivity index (χ2v) is 6.40. The fourth-order valence-electron chi connectivity index (χ4n) is 3.01. The van der Waals surface area contributed by atoms with Gasteiger partial charge in [0.25, 0.3) is 0 Å². The third kappa shape index (κ3) is 2.65. The molecule has 98 valence electrons. The van der Waals surface area contributed by atoms with Gasteiger partial charge in [-0.2, -0.15) is 0 Å². The summed E-state index contributed by atoms with van der Waals surface area (Å²) in [7, 11) is 1.97. The third-order valence-electron chi connectivity index (χ3n) is 5.04. The molecule has 2 aliphatic rings. The van der Waals surface area contributed by atoms with Crippen LogP contribution in [0.1, 0.15) is 52.4 Å². The number of carbonyl (C=O) groups excluding carboxylic acids is 1. The maximum atomic E-state index is 12.4. The Hall–Kier alpha value is -0.570. The lowest BCUT2D eigenvalue weighted by Crippen LogP contribution is -2.45. The van der Waals surface area contributed by atoms with Crippen molar-refractivity contribution >= 4 is 5.91 Å². The zero-order valence-electron chi connectivity index (χ0n) is 11.4. The molecule has 0 heterocycles. The fraction of sp³-hybridized carbons (Fsp3) is 0.929. The van der Waals surface area contributed by atoms with Crippen LogP contribution in [0.4, 0.5) is 0 Å². The van der Waals surface area contributed by atoms with Crippen molar-refractivity contribution in [3.05, 3.63) is 0 Å². The van der Waals surface area contributed by atoms with Gasteiger partial charge in [-0.1, -0.05) is 13.3 Å². The number of nitrogens with two attached hydrogens (primary N) is 1. The maximum Gasteiger partial charge on any atom is 0.225 e. The number of carbonyl (C=O) groups is 1. The quantitative estimate of drug-likeness (QED) is 0.819. The molecule has 0 aromatic heterocycles. The van der Waals surface area contributed by atoms with Crippen LogP contribution in [0.2, 0.25) is 0 Å². The van der Waals surface area contributed by atoms with Gasteiger partial charge in [-0.25, -0.2) is 0 Å². The van der Waals surface area contributed by atoms with Crippen molar-refractivity contribution in [2.24, 2.45) is 17.1 Å². The van der Waals surface area contributed by atoms with Crippen LogP contribution in [0.15, 0.2) is 0 Å². The smallest absolute Gasteiger partial charge is 0.225 e. The lowest BCUT2D eigenvalue weighted by molar-refractivity contribution is -0.138. The van der Waals surface area contributed by atoms with Crippen molar-refractivity contribution in [3.8, 4) is 0 Å². The summed E-state index contributed by atoms with van der Waals surface area (Å²) in [6, 6.07) is 0.603. The Kier molecular flexibility index (Phi) is 3.48. The lowest BCUT2D eigenvalue weighted by atomic mass is 9.84. The first-order valence-corrected chi connectivity index (χ1v) is 6.96. The zero-order chi connectivity index (χ0) is 12.6. The molecule has 0 aromatic rings. The summed E-state index contributed by atoms with van der Waals surface area (Å²) in [6.45, 7) is 4.47. The fourth-order valence-corrected chi connectivity index (χ4v) is 3.01. The molecule has 3 heteroatoms. The second kappa shape index (κ2) is 4.60. The van der Waals surface area contributed by atoms with Crippen LogP contribution in [0, 0.1) is 11.3 Å². The van der Waals surface area contributed by atoms with Crippen molar-refractivity contribution in [2.45, 2.75) is 64.5 Å². The van der Waals surface area contributed by atoms with E-state index in [1.165, 1.54) is 12.8 Å². The van der Waals surface area contributed by atoms with E-state index in [-0.39, 0.29) is 12.0 Å². The molecular formula is C14H26N2O. The number of hydrogen-bond donors (Lipinski definition) is 1. The highest BCUT2D eigenvalue weighted by molar-refractivity contribution is 5.79. The number of rotatable bonds is 3. The average Bonchev–Trinajstić information content (AvgIpc) is 3.06. The third-order valence-corrected chi connectivity index (χ3v) is 5.04. The molecule has 0 saturated heterocycles. The predicted molar refractivity (Wildman–Crippen MR) is 69.5 cm³/mol. The van der Waals surface area contributed by atoms with Crippen LogP contribution in [-0.4, -0.2) is 29.9 Å². The summed E-state index contributed by atoms with van der Waals surface area (Å²) in [4.78, 5) is 14.4. The average molecular weight is 238 g/mol. The molecule has 0 aromatic carbocycles. The van der Waals surface area contributed by atoms with E-state index in [9.17, 15) is 4.79 Å². The summed E-state index contributed by atoms with van der Waals surface area (Å²) in [5.41, 5.74) is 6.34. The van der Waals surface area contributed by atoms with Crippen LogP contribution in [0.3, 0.4) is 0 Å². The van der Waals surface area contributed by atoms with Gasteiger partial charge in [0, 0.05) is 25.0 Å². The molecule has 1 amide bonds. The van der Waals surface area contributed by atoms with Crippen molar-refractivity contribution in [1.82, 2.24) is 4.90 Å². The van der Waals surface area contributed by atoms with E-state index >= 15 is 0 Å². The Morgan fingerprint density at radius 1 is 1.41 bits per heavy atom. The molecule has 0 radical (unpaired) electrons. The highest BCUT2D eigenvalue weighted by Gasteiger charge is 2.46. The van der Waals surface area contributed by atoms with E-state index in [2.05, 4.69) is 13.8 Å². The van der Waals surface area contributed by atoms with Crippen LogP contribution in [0.5, 0.6) is 0 Å². The van der Waals surface area contributed by atoms with Gasteiger partial charge in [0.1, 0.15) is 0 Å². The first-order valence-electron chi connectivity index (χ1n) is 6.96. The molecule has 3 unspecified atom stereocenters. The van der Waals surface area contributed by atoms with Gasteiger partial charge in [-0.3, -0.25) is 4.79 Å². The minimum Gasteiger partial charge on any atom is -0.342 e. The molecule has 0 bridgehead atoms. The van der Waals surface area contributed by atoms with Crippen molar-refractivity contribution in [2.75, 3.05) is 7.05 Å². The SMILES string of the molecule is CC(N(C)C(=O)C1CCCC(N)C1)C1(C)CC1. The van der Waals surface area contributed by atoms with Gasteiger partial charge in [-0.15, -0.1) is 0 Å². The zero-order valence-corrected chi connectivity index (χ0v) is 11.4. The summed E-state index contributed by atoms with van der Waals surface area (Å²) in [6.07, 6.45) is 6.62. The van der Waals surface area contributed by atoms with Gasteiger partial charge in [0.15, 0.2) is 0 Å². The lowest BCUT2D eigenvalue weighted by Gasteiger charge is -2.35. The predicted octanol–water partition coefficient (Wildman–Crippen LogP) is 2.15. The number of nitrogens with zero attached hydrogens (tertiary/aromatic N) is 1. The summed E-state index contributed by atoms with van der Waals surface area (Å²) in [5, 5.41) is 0. The van der Waals surface area contributed by atoms with Crippen LogP contribution in [-0.2, 0) is 4.79 Å². The van der Waals surface area contributed by atoms with Crippen LogP contribution in [0.25, 0.3) is 0 Å². The van der Waals surface area contributed by atoms with Gasteiger partial charge < -0.3 is 10.6 Å². The second-order valence-electron chi connectivity index (χ2n) is 6.40. The van der Waals surface area contributed by atoms with Crippen molar-refractivity contribution in [3.63, 3.8) is 0 Å². The van der Waals surface area contributed by atoms with E-state index < -0.39 is 0 Å². The largest absolute Gasteiger partial charge is 0.342 e. The Labute approximate surface area is 105 Å². The van der Waals surface area contributed by atoms with Gasteiger partial charge >= 0.3 is 0 Å². The highest BCUT2D eigenvalue weighted by Crippen LogP contribution is 2.49. The molecule has 0 spiro atoms. The topological polar surface area (TPSA) is 46.3 Å². The Bertz CT molecular complexity index is 299. The molecule has 0 aliphatic heterocycles. The molecule has 3 nitrogen and oxygen atoms in total. The van der Waals surface area contributed by atoms with E-state index in [1.54, 1.807) is 0 Å². The first kappa shape index (κ1) is 12.9. The van der Waals surface area contributed by atoms with E-state index in [0.717, 1.165) is 25.7 Å². The Balaban J connectivity index is 1.94. The van der Waals surface area contributed by atoms with Crippen LogP contribution >= 0.6 is 0 Å². The van der Waals surface area contributed by atoms with Gasteiger partial charge in [0.2, 0.25) is 5.91 Å². The molecule has 2 N–H and O–H groups in total. The van der Waals surface area contributed by atoms with E-state index in [1.807, 2.05) is 11.9 Å². The van der Waals surface area contributed by atoms with Gasteiger partial charge in [0.05, 0.1) is 0 Å². The molecular weight excluding hydrogens is 212 g/mol. The number of amides is 1. The van der Waals surface area contributed by atoms with Crippen molar-refractivity contribution < 1.29 is 4.79 Å². The summed E-state index contributed by atoms with van der Waals surface area (Å²) < 4.78 is 0. The van der Waals surface area contributed by atoms with E-state index in [0.29, 0.717) is 17.4 Å². The minimum atomic E-state index is 0.175. The molecule has 17 heavy (non-hydrogen) atoms. The molecule has 3 atom stereocenters. The monoisotopic (exact) mass is 238 g/mol. The first-order chi connectivity index (χ1) is 7.94.